The summed E-state index contributed by atoms with van der Waals surface area (Å²) in [6.45, 7) is 3.25. The van der Waals surface area contributed by atoms with Crippen molar-refractivity contribution in [3.8, 4) is 0 Å². The molecule has 0 saturated heterocycles. The maximum atomic E-state index is 13.9. The second kappa shape index (κ2) is 5.91. The Hall–Kier alpha value is -2.43. The van der Waals surface area contributed by atoms with E-state index >= 15 is 0 Å². The summed E-state index contributed by atoms with van der Waals surface area (Å²) < 4.78 is 27.4. The average Bonchev–Trinajstić information content (AvgIpc) is 2.43. The highest BCUT2D eigenvalue weighted by molar-refractivity contribution is 5.93. The van der Waals surface area contributed by atoms with Gasteiger partial charge in [-0.3, -0.25) is 4.79 Å². The molecule has 110 valence electrons. The molecule has 0 fully saturated rings. The molecule has 2 aromatic carbocycles. The van der Waals surface area contributed by atoms with E-state index in [4.69, 9.17) is 5.73 Å². The van der Waals surface area contributed by atoms with Crippen molar-refractivity contribution in [2.75, 3.05) is 5.32 Å². The molecule has 21 heavy (non-hydrogen) atoms. The summed E-state index contributed by atoms with van der Waals surface area (Å²) >= 11 is 0. The molecule has 0 spiro atoms. The van der Waals surface area contributed by atoms with Gasteiger partial charge in [0, 0.05) is 16.8 Å². The van der Waals surface area contributed by atoms with Crippen LogP contribution < -0.4 is 11.1 Å². The molecule has 0 bridgehead atoms. The number of carbonyl (C=O) groups is 1. The summed E-state index contributed by atoms with van der Waals surface area (Å²) in [4.78, 5) is 11.0. The molecule has 1 unspecified atom stereocenters. The Morgan fingerprint density at radius 3 is 2.33 bits per heavy atom. The first-order chi connectivity index (χ1) is 9.88. The normalized spacial score (nSPS) is 12.0. The van der Waals surface area contributed by atoms with Crippen LogP contribution in [0, 0.1) is 18.6 Å². The SMILES string of the molecule is Cc1cc(F)c(C(C)Nc2ccc(C(N)=O)cc2)cc1F. The Balaban J connectivity index is 2.19. The zero-order chi connectivity index (χ0) is 15.6. The number of nitrogens with two attached hydrogens (primary N) is 1. The molecule has 0 heterocycles. The second-order valence-electron chi connectivity index (χ2n) is 4.93. The zero-order valence-electron chi connectivity index (χ0n) is 11.8. The van der Waals surface area contributed by atoms with Crippen LogP contribution in [0.1, 0.15) is 34.5 Å². The molecule has 2 rings (SSSR count). The lowest BCUT2D eigenvalue weighted by Crippen LogP contribution is -2.12. The molecule has 3 nitrogen and oxygen atoms in total. The molecule has 1 atom stereocenters. The summed E-state index contributed by atoms with van der Waals surface area (Å²) in [6, 6.07) is 8.43. The number of primary amides is 1. The fraction of sp³-hybridized carbons (Fsp3) is 0.188. The summed E-state index contributed by atoms with van der Waals surface area (Å²) in [6.07, 6.45) is 0. The number of nitrogens with one attached hydrogen (secondary N) is 1. The predicted octanol–water partition coefficient (Wildman–Crippen LogP) is 3.55. The Labute approximate surface area is 121 Å². The van der Waals surface area contributed by atoms with E-state index in [0.29, 0.717) is 11.3 Å². The van der Waals surface area contributed by atoms with Crippen LogP contribution in [-0.2, 0) is 0 Å². The first-order valence-electron chi connectivity index (χ1n) is 6.50. The molecular formula is C16H16F2N2O. The first kappa shape index (κ1) is 15.0. The second-order valence-corrected chi connectivity index (χ2v) is 4.93. The Bertz CT molecular complexity index is 669. The van der Waals surface area contributed by atoms with Gasteiger partial charge in [-0.15, -0.1) is 0 Å². The van der Waals surface area contributed by atoms with Crippen LogP contribution in [0.3, 0.4) is 0 Å². The van der Waals surface area contributed by atoms with E-state index in [1.807, 2.05) is 0 Å². The maximum absolute atomic E-state index is 13.9. The Morgan fingerprint density at radius 1 is 1.14 bits per heavy atom. The number of rotatable bonds is 4. The highest BCUT2D eigenvalue weighted by Crippen LogP contribution is 2.24. The van der Waals surface area contributed by atoms with E-state index in [-0.39, 0.29) is 11.1 Å². The minimum absolute atomic E-state index is 0.247. The van der Waals surface area contributed by atoms with Gasteiger partial charge >= 0.3 is 0 Å². The number of hydrogen-bond acceptors (Lipinski definition) is 2. The monoisotopic (exact) mass is 290 g/mol. The molecule has 1 amide bonds. The van der Waals surface area contributed by atoms with Crippen molar-refractivity contribution in [3.63, 3.8) is 0 Å². The van der Waals surface area contributed by atoms with E-state index in [9.17, 15) is 13.6 Å². The number of hydrogen-bond donors (Lipinski definition) is 2. The number of carbonyl (C=O) groups excluding carboxylic acids is 1. The predicted molar refractivity (Wildman–Crippen MR) is 78.1 cm³/mol. The summed E-state index contributed by atoms with van der Waals surface area (Å²) in [5.41, 5.74) is 6.75. The largest absolute Gasteiger partial charge is 0.378 e. The third-order valence-electron chi connectivity index (χ3n) is 3.30. The van der Waals surface area contributed by atoms with E-state index in [0.717, 1.165) is 0 Å². The molecule has 0 aromatic heterocycles. The van der Waals surface area contributed by atoms with Gasteiger partial charge in [-0.25, -0.2) is 8.78 Å². The summed E-state index contributed by atoms with van der Waals surface area (Å²) in [5, 5.41) is 3.05. The minimum atomic E-state index is -0.513. The highest BCUT2D eigenvalue weighted by atomic mass is 19.1. The van der Waals surface area contributed by atoms with Crippen molar-refractivity contribution in [2.45, 2.75) is 19.9 Å². The number of anilines is 1. The lowest BCUT2D eigenvalue weighted by Gasteiger charge is -2.17. The van der Waals surface area contributed by atoms with Crippen LogP contribution in [0.25, 0.3) is 0 Å². The van der Waals surface area contributed by atoms with Gasteiger partial charge in [0.15, 0.2) is 0 Å². The fourth-order valence-corrected chi connectivity index (χ4v) is 2.05. The van der Waals surface area contributed by atoms with E-state index in [1.165, 1.54) is 19.1 Å². The van der Waals surface area contributed by atoms with Crippen molar-refractivity contribution in [1.29, 1.82) is 0 Å². The smallest absolute Gasteiger partial charge is 0.248 e. The van der Waals surface area contributed by atoms with Crippen molar-refractivity contribution < 1.29 is 13.6 Å². The van der Waals surface area contributed by atoms with Crippen LogP contribution in [0.4, 0.5) is 14.5 Å². The number of benzene rings is 2. The lowest BCUT2D eigenvalue weighted by atomic mass is 10.0. The van der Waals surface area contributed by atoms with Gasteiger partial charge in [-0.1, -0.05) is 0 Å². The summed E-state index contributed by atoms with van der Waals surface area (Å²) in [5.74, 6) is -1.41. The van der Waals surface area contributed by atoms with E-state index in [2.05, 4.69) is 5.32 Å². The van der Waals surface area contributed by atoms with Gasteiger partial charge in [0.25, 0.3) is 0 Å². The van der Waals surface area contributed by atoms with Gasteiger partial charge in [0.1, 0.15) is 11.6 Å². The van der Waals surface area contributed by atoms with Crippen LogP contribution >= 0.6 is 0 Å². The third-order valence-corrected chi connectivity index (χ3v) is 3.30. The summed E-state index contributed by atoms with van der Waals surface area (Å²) in [7, 11) is 0. The van der Waals surface area contributed by atoms with Crippen LogP contribution in [0.15, 0.2) is 36.4 Å². The quantitative estimate of drug-likeness (QED) is 0.904. The van der Waals surface area contributed by atoms with Crippen molar-refractivity contribution in [1.82, 2.24) is 0 Å². The topological polar surface area (TPSA) is 55.1 Å². The first-order valence-corrected chi connectivity index (χ1v) is 6.50. The highest BCUT2D eigenvalue weighted by Gasteiger charge is 2.14. The number of halogens is 2. The molecule has 0 aliphatic heterocycles. The van der Waals surface area contributed by atoms with Crippen molar-refractivity contribution in [2.24, 2.45) is 5.73 Å². The average molecular weight is 290 g/mol. The molecule has 0 saturated carbocycles. The van der Waals surface area contributed by atoms with E-state index in [1.54, 1.807) is 31.2 Å². The van der Waals surface area contributed by atoms with Gasteiger partial charge in [-0.2, -0.15) is 0 Å². The molecule has 5 heteroatoms. The molecule has 0 aliphatic rings. The molecule has 0 radical (unpaired) electrons. The van der Waals surface area contributed by atoms with Crippen molar-refractivity contribution in [3.05, 3.63) is 64.7 Å². The molecule has 2 aromatic rings. The Morgan fingerprint density at radius 2 is 1.76 bits per heavy atom. The zero-order valence-corrected chi connectivity index (χ0v) is 11.8. The standard InChI is InChI=1S/C16H16F2N2O/c1-9-7-15(18)13(8-14(9)17)10(2)20-12-5-3-11(4-6-12)16(19)21/h3-8,10,20H,1-2H3,(H2,19,21). The number of aryl methyl sites for hydroxylation is 1. The van der Waals surface area contributed by atoms with E-state index < -0.39 is 23.6 Å². The lowest BCUT2D eigenvalue weighted by molar-refractivity contribution is 0.100. The number of amides is 1. The maximum Gasteiger partial charge on any atom is 0.248 e. The van der Waals surface area contributed by atoms with Gasteiger partial charge in [0.2, 0.25) is 5.91 Å². The van der Waals surface area contributed by atoms with Gasteiger partial charge in [0.05, 0.1) is 6.04 Å². The Kier molecular flexibility index (Phi) is 4.21. The molecule has 0 aliphatic carbocycles. The van der Waals surface area contributed by atoms with Crippen LogP contribution in [0.2, 0.25) is 0 Å². The minimum Gasteiger partial charge on any atom is -0.378 e. The van der Waals surface area contributed by atoms with Crippen molar-refractivity contribution >= 4 is 11.6 Å². The van der Waals surface area contributed by atoms with Crippen LogP contribution in [-0.4, -0.2) is 5.91 Å². The fourth-order valence-electron chi connectivity index (χ4n) is 2.05. The van der Waals surface area contributed by atoms with Gasteiger partial charge in [-0.05, 0) is 55.8 Å². The van der Waals surface area contributed by atoms with Gasteiger partial charge < -0.3 is 11.1 Å². The third kappa shape index (κ3) is 3.37. The van der Waals surface area contributed by atoms with Crippen LogP contribution in [0.5, 0.6) is 0 Å². The molecule has 3 N–H and O–H groups in total. The molecular weight excluding hydrogens is 274 g/mol.